The van der Waals surface area contributed by atoms with E-state index in [-0.39, 0.29) is 24.5 Å². The van der Waals surface area contributed by atoms with Crippen molar-refractivity contribution in [3.8, 4) is 0 Å². The maximum Gasteiger partial charge on any atom is 0.328 e. The van der Waals surface area contributed by atoms with Gasteiger partial charge in [0.2, 0.25) is 11.8 Å². The predicted octanol–water partition coefficient (Wildman–Crippen LogP) is 9.98. The lowest BCUT2D eigenvalue weighted by Crippen LogP contribution is -2.47. The van der Waals surface area contributed by atoms with Crippen LogP contribution < -0.4 is 10.6 Å². The lowest BCUT2D eigenvalue weighted by molar-refractivity contribution is -0.147. The highest BCUT2D eigenvalue weighted by Crippen LogP contribution is 2.15. The molecule has 0 aromatic heterocycles. The van der Waals surface area contributed by atoms with Gasteiger partial charge in [-0.3, -0.25) is 14.4 Å². The van der Waals surface area contributed by atoms with E-state index in [2.05, 4.69) is 67.0 Å². The fraction of sp³-hybridized carbons (Fsp3) is 0.727. The number of esters is 1. The first-order valence-corrected chi connectivity index (χ1v) is 21.0. The molecule has 2 unspecified atom stereocenters. The van der Waals surface area contributed by atoms with E-state index in [0.29, 0.717) is 19.3 Å². The Morgan fingerprint density at radius 2 is 1.13 bits per heavy atom. The summed E-state index contributed by atoms with van der Waals surface area (Å²) in [4.78, 5) is 47.3. The lowest BCUT2D eigenvalue weighted by Gasteiger charge is -2.14. The Morgan fingerprint density at radius 1 is 0.604 bits per heavy atom. The van der Waals surface area contributed by atoms with Crippen LogP contribution in [0, 0.1) is 0 Å². The number of nitrogens with one attached hydrogen (secondary N) is 2. The van der Waals surface area contributed by atoms with Gasteiger partial charge in [-0.2, -0.15) is 0 Å². The third-order valence-electron chi connectivity index (χ3n) is 9.04. The minimum absolute atomic E-state index is 0.112. The van der Waals surface area contributed by atoms with E-state index < -0.39 is 24.5 Å². The van der Waals surface area contributed by atoms with Crippen molar-refractivity contribution in [2.75, 3.05) is 13.2 Å². The molecule has 0 rings (SSSR count). The molecule has 0 fully saturated rings. The first-order chi connectivity index (χ1) is 25.8. The summed E-state index contributed by atoms with van der Waals surface area (Å²) >= 11 is 0. The van der Waals surface area contributed by atoms with Crippen LogP contribution in [0.3, 0.4) is 0 Å². The van der Waals surface area contributed by atoms with Crippen molar-refractivity contribution < 1.29 is 34.1 Å². The van der Waals surface area contributed by atoms with E-state index in [1.165, 1.54) is 64.2 Å². The zero-order valence-corrected chi connectivity index (χ0v) is 33.5. The van der Waals surface area contributed by atoms with Crippen molar-refractivity contribution in [3.05, 3.63) is 48.6 Å². The molecule has 0 aliphatic carbocycles. The highest BCUT2D eigenvalue weighted by Gasteiger charge is 2.18. The Kier molecular flexibility index (Phi) is 36.2. The molecule has 0 saturated heterocycles. The number of hydrogen-bond acceptors (Lipinski definition) is 6. The first kappa shape index (κ1) is 49.8. The number of aliphatic hydroxyl groups is 1. The molecule has 0 radical (unpaired) electrons. The molecule has 0 aromatic carbocycles. The third kappa shape index (κ3) is 35.6. The van der Waals surface area contributed by atoms with Crippen molar-refractivity contribution in [2.45, 2.75) is 193 Å². The van der Waals surface area contributed by atoms with E-state index in [1.807, 2.05) is 6.08 Å². The van der Waals surface area contributed by atoms with E-state index in [1.54, 1.807) is 0 Å². The second-order valence-corrected chi connectivity index (χ2v) is 14.0. The molecule has 0 spiro atoms. The van der Waals surface area contributed by atoms with Gasteiger partial charge >= 0.3 is 11.9 Å². The summed E-state index contributed by atoms with van der Waals surface area (Å²) in [5, 5.41) is 22.5. The molecule has 0 heterocycles. The molecule has 0 bridgehead atoms. The second-order valence-electron chi connectivity index (χ2n) is 14.0. The van der Waals surface area contributed by atoms with Gasteiger partial charge in [0.1, 0.15) is 12.1 Å². The Balaban J connectivity index is 4.26. The topological polar surface area (TPSA) is 142 Å². The molecule has 4 N–H and O–H groups in total. The highest BCUT2D eigenvalue weighted by atomic mass is 16.5. The Hall–Kier alpha value is -3.20. The molecule has 0 saturated carbocycles. The van der Waals surface area contributed by atoms with Crippen LogP contribution in [-0.2, 0) is 23.9 Å². The molecule has 2 atom stereocenters. The minimum Gasteiger partial charge on any atom is -0.480 e. The average Bonchev–Trinajstić information content (AvgIpc) is 3.14. The number of amides is 2. The van der Waals surface area contributed by atoms with Gasteiger partial charge in [-0.05, 0) is 76.7 Å². The fourth-order valence-electron chi connectivity index (χ4n) is 5.82. The van der Waals surface area contributed by atoms with Crippen molar-refractivity contribution in [2.24, 2.45) is 0 Å². The van der Waals surface area contributed by atoms with Gasteiger partial charge in [0.05, 0.1) is 13.2 Å². The summed E-state index contributed by atoms with van der Waals surface area (Å²) in [7, 11) is 0. The monoisotopic (exact) mass is 745 g/mol. The predicted molar refractivity (Wildman–Crippen MR) is 217 cm³/mol. The van der Waals surface area contributed by atoms with Gasteiger partial charge in [-0.15, -0.1) is 0 Å². The van der Waals surface area contributed by atoms with Gasteiger partial charge in [0.25, 0.3) is 0 Å². The van der Waals surface area contributed by atoms with Crippen LogP contribution in [0.2, 0.25) is 0 Å². The highest BCUT2D eigenvalue weighted by molar-refractivity contribution is 5.87. The summed E-state index contributed by atoms with van der Waals surface area (Å²) in [6, 6.07) is -1.38. The standard InChI is InChI=1S/C44H76N2O7/c1-3-5-7-9-11-13-14-15-16-17-18-19-20-22-28-32-36-43(50)53-39(33-29-25-21-12-10-8-6-4-2)34-30-26-23-24-27-31-35-41(48)45-37-42(49)46-40(38-47)44(51)52/h6,8,12,16-17,21,29,33,39-40,47H,3-5,7,9-11,13-15,18-20,22-28,30-32,34-38H2,1-2H3,(H,45,48)(H,46,49)(H,51,52)/b8-6-,17-16-,21-12-,33-29-. The van der Waals surface area contributed by atoms with E-state index in [0.717, 1.165) is 83.5 Å². The Labute approximate surface area is 322 Å². The number of unbranched alkanes of at least 4 members (excludes halogenated alkanes) is 17. The SMILES string of the molecule is CC/C=C\C/C=C\C/C=C\C(CCCCCCCCC(=O)NCC(=O)NC(CO)C(=O)O)OC(=O)CCCCCCC/C=C\CCCCCCCCC. The molecule has 53 heavy (non-hydrogen) atoms. The summed E-state index contributed by atoms with van der Waals surface area (Å²) < 4.78 is 5.90. The first-order valence-electron chi connectivity index (χ1n) is 21.0. The fourth-order valence-corrected chi connectivity index (χ4v) is 5.82. The van der Waals surface area contributed by atoms with Crippen LogP contribution in [0.25, 0.3) is 0 Å². The van der Waals surface area contributed by atoms with Gasteiger partial charge in [0, 0.05) is 12.8 Å². The molecule has 9 heteroatoms. The van der Waals surface area contributed by atoms with Gasteiger partial charge < -0.3 is 25.6 Å². The number of carbonyl (C=O) groups excluding carboxylic acids is 3. The largest absolute Gasteiger partial charge is 0.480 e. The zero-order valence-electron chi connectivity index (χ0n) is 33.5. The molecular weight excluding hydrogens is 668 g/mol. The summed E-state index contributed by atoms with van der Waals surface area (Å²) in [5.74, 6) is -2.37. The molecule has 2 amide bonds. The zero-order chi connectivity index (χ0) is 39.0. The number of carboxylic acid groups (broad SMARTS) is 1. The van der Waals surface area contributed by atoms with Gasteiger partial charge in [-0.1, -0.05) is 140 Å². The number of rotatable bonds is 37. The lowest BCUT2D eigenvalue weighted by atomic mass is 10.1. The molecule has 304 valence electrons. The minimum atomic E-state index is -1.38. The van der Waals surface area contributed by atoms with Crippen LogP contribution in [0.1, 0.15) is 181 Å². The number of aliphatic carboxylic acids is 1. The number of hydrogen-bond donors (Lipinski definition) is 4. The van der Waals surface area contributed by atoms with Crippen molar-refractivity contribution in [1.29, 1.82) is 0 Å². The molecule has 0 aromatic rings. The number of carbonyl (C=O) groups is 4. The van der Waals surface area contributed by atoms with Crippen LogP contribution in [0.5, 0.6) is 0 Å². The second kappa shape index (κ2) is 38.5. The van der Waals surface area contributed by atoms with Crippen LogP contribution in [0.15, 0.2) is 48.6 Å². The van der Waals surface area contributed by atoms with Crippen LogP contribution in [-0.4, -0.2) is 59.3 Å². The number of ether oxygens (including phenoxy) is 1. The van der Waals surface area contributed by atoms with E-state index in [4.69, 9.17) is 14.9 Å². The summed E-state index contributed by atoms with van der Waals surface area (Å²) in [5.41, 5.74) is 0. The molecule has 0 aliphatic heterocycles. The molecule has 9 nitrogen and oxygen atoms in total. The van der Waals surface area contributed by atoms with Crippen LogP contribution in [0.4, 0.5) is 0 Å². The smallest absolute Gasteiger partial charge is 0.328 e. The number of carboxylic acids is 1. The Morgan fingerprint density at radius 3 is 1.72 bits per heavy atom. The van der Waals surface area contributed by atoms with E-state index in [9.17, 15) is 19.2 Å². The molecular formula is C44H76N2O7. The van der Waals surface area contributed by atoms with Gasteiger partial charge in [-0.25, -0.2) is 4.79 Å². The maximum atomic E-state index is 12.7. The number of allylic oxidation sites excluding steroid dienone is 7. The van der Waals surface area contributed by atoms with Gasteiger partial charge in [0.15, 0.2) is 0 Å². The molecule has 0 aliphatic rings. The average molecular weight is 745 g/mol. The third-order valence-corrected chi connectivity index (χ3v) is 9.04. The number of aliphatic hydroxyl groups excluding tert-OH is 1. The van der Waals surface area contributed by atoms with Crippen LogP contribution >= 0.6 is 0 Å². The normalized spacial score (nSPS) is 13.0. The quantitative estimate of drug-likeness (QED) is 0.0282. The Bertz CT molecular complexity index is 1040. The van der Waals surface area contributed by atoms with Crippen molar-refractivity contribution in [3.63, 3.8) is 0 Å². The maximum absolute atomic E-state index is 12.7. The van der Waals surface area contributed by atoms with E-state index >= 15 is 0 Å². The summed E-state index contributed by atoms with van der Waals surface area (Å²) in [6.45, 7) is 3.34. The van der Waals surface area contributed by atoms with Crippen molar-refractivity contribution >= 4 is 23.8 Å². The summed E-state index contributed by atoms with van der Waals surface area (Å²) in [6.07, 6.45) is 44.5. The van der Waals surface area contributed by atoms with Crippen molar-refractivity contribution in [1.82, 2.24) is 10.6 Å².